The zero-order chi connectivity index (χ0) is 24.2. The Bertz CT molecular complexity index is 1240. The molecular weight excluding hydrogens is 442 g/mol. The van der Waals surface area contributed by atoms with Crippen LogP contribution in [0.15, 0.2) is 58.5 Å². The second kappa shape index (κ2) is 9.61. The number of carbonyl (C=O) groups excluding carboxylic acids is 3. The van der Waals surface area contributed by atoms with E-state index < -0.39 is 24.0 Å². The minimum absolute atomic E-state index is 0.0854. The Morgan fingerprint density at radius 2 is 2.00 bits per heavy atom. The molecule has 0 fully saturated rings. The highest BCUT2D eigenvalue weighted by Gasteiger charge is 2.35. The van der Waals surface area contributed by atoms with Crippen LogP contribution in [0.5, 0.6) is 0 Å². The molecule has 11 heteroatoms. The van der Waals surface area contributed by atoms with Crippen molar-refractivity contribution in [2.24, 2.45) is 0 Å². The van der Waals surface area contributed by atoms with Gasteiger partial charge in [-0.15, -0.1) is 0 Å². The van der Waals surface area contributed by atoms with Gasteiger partial charge in [-0.1, -0.05) is 0 Å². The first kappa shape index (κ1) is 22.8. The van der Waals surface area contributed by atoms with Gasteiger partial charge in [-0.3, -0.25) is 0 Å². The monoisotopic (exact) mass is 465 g/mol. The van der Waals surface area contributed by atoms with Crippen LogP contribution in [0.2, 0.25) is 0 Å². The van der Waals surface area contributed by atoms with Gasteiger partial charge in [0.1, 0.15) is 18.4 Å². The molecule has 4 rings (SSSR count). The zero-order valence-corrected chi connectivity index (χ0v) is 18.8. The van der Waals surface area contributed by atoms with E-state index in [1.807, 2.05) is 19.9 Å². The summed E-state index contributed by atoms with van der Waals surface area (Å²) in [6.45, 7) is 5.21. The molecular formula is C23H23N5O6. The molecule has 0 aliphatic carbocycles. The maximum Gasteiger partial charge on any atom is 0.340 e. The molecule has 0 saturated heterocycles. The summed E-state index contributed by atoms with van der Waals surface area (Å²) in [6.07, 6.45) is 2.80. The van der Waals surface area contributed by atoms with Crippen molar-refractivity contribution >= 4 is 18.0 Å². The van der Waals surface area contributed by atoms with E-state index in [0.717, 1.165) is 11.4 Å². The van der Waals surface area contributed by atoms with Crippen molar-refractivity contribution in [1.29, 1.82) is 0 Å². The fraction of sp³-hybridized carbons (Fsp3) is 0.261. The Morgan fingerprint density at radius 3 is 2.62 bits per heavy atom. The third kappa shape index (κ3) is 4.68. The van der Waals surface area contributed by atoms with Gasteiger partial charge in [-0.2, -0.15) is 5.10 Å². The normalized spacial score (nSPS) is 15.5. The summed E-state index contributed by atoms with van der Waals surface area (Å²) in [6, 6.07) is 6.92. The molecule has 0 spiro atoms. The van der Waals surface area contributed by atoms with Crippen LogP contribution in [-0.4, -0.2) is 45.9 Å². The Balaban J connectivity index is 1.54. The second-order valence-corrected chi connectivity index (χ2v) is 7.48. The third-order valence-corrected chi connectivity index (χ3v) is 5.03. The van der Waals surface area contributed by atoms with E-state index in [1.165, 1.54) is 12.5 Å². The first-order valence-electron chi connectivity index (χ1n) is 10.5. The van der Waals surface area contributed by atoms with E-state index in [1.54, 1.807) is 35.9 Å². The molecule has 1 unspecified atom stereocenters. The molecule has 0 aromatic carbocycles. The molecule has 3 aromatic heterocycles. The number of amides is 2. The maximum atomic E-state index is 12.7. The number of pyridine rings is 1. The quantitative estimate of drug-likeness (QED) is 0.508. The van der Waals surface area contributed by atoms with Gasteiger partial charge in [0, 0.05) is 11.9 Å². The van der Waals surface area contributed by atoms with E-state index in [-0.39, 0.29) is 30.0 Å². The number of furan rings is 1. The predicted molar refractivity (Wildman–Crippen MR) is 118 cm³/mol. The van der Waals surface area contributed by atoms with Crippen LogP contribution in [0.4, 0.5) is 4.79 Å². The van der Waals surface area contributed by atoms with Crippen molar-refractivity contribution in [2.45, 2.75) is 26.8 Å². The number of hydrogen-bond acceptors (Lipinski definition) is 8. The van der Waals surface area contributed by atoms with Gasteiger partial charge >= 0.3 is 18.0 Å². The molecule has 0 radical (unpaired) electrons. The van der Waals surface area contributed by atoms with Gasteiger partial charge in [0.2, 0.25) is 0 Å². The number of urea groups is 1. The topological polar surface area (TPSA) is 138 Å². The van der Waals surface area contributed by atoms with Crippen LogP contribution < -0.4 is 10.6 Å². The van der Waals surface area contributed by atoms with Gasteiger partial charge in [-0.05, 0) is 51.1 Å². The fourth-order valence-corrected chi connectivity index (χ4v) is 3.56. The largest absolute Gasteiger partial charge is 0.467 e. The Labute approximate surface area is 194 Å². The maximum absolute atomic E-state index is 12.7. The summed E-state index contributed by atoms with van der Waals surface area (Å²) < 4.78 is 17.6. The molecule has 2 amide bonds. The number of hydrogen-bond donors (Lipinski definition) is 2. The van der Waals surface area contributed by atoms with Crippen LogP contribution in [-0.2, 0) is 14.3 Å². The van der Waals surface area contributed by atoms with Gasteiger partial charge in [0.15, 0.2) is 5.82 Å². The fourth-order valence-electron chi connectivity index (χ4n) is 3.56. The molecule has 34 heavy (non-hydrogen) atoms. The van der Waals surface area contributed by atoms with Gasteiger partial charge in [0.05, 0.1) is 35.4 Å². The highest BCUT2D eigenvalue weighted by atomic mass is 16.5. The lowest BCUT2D eigenvalue weighted by Gasteiger charge is -2.27. The average molecular weight is 465 g/mol. The van der Waals surface area contributed by atoms with Crippen LogP contribution in [0.3, 0.4) is 0 Å². The Hall–Kier alpha value is -4.41. The number of esters is 2. The molecule has 1 atom stereocenters. The smallest absolute Gasteiger partial charge is 0.340 e. The third-order valence-electron chi connectivity index (χ3n) is 5.03. The number of nitrogens with one attached hydrogen (secondary N) is 2. The van der Waals surface area contributed by atoms with Gasteiger partial charge in [0.25, 0.3) is 0 Å². The summed E-state index contributed by atoms with van der Waals surface area (Å²) in [5.41, 5.74) is 2.15. The minimum Gasteiger partial charge on any atom is -0.467 e. The lowest BCUT2D eigenvalue weighted by atomic mass is 10.0. The van der Waals surface area contributed by atoms with E-state index in [2.05, 4.69) is 20.7 Å². The standard InChI is InChI=1S/C23H23N5O6/c1-4-32-22(30)19-16(25-23(31)26-20(19)17-6-5-9-33-17)12-34-21(29)15-7-8-18(24-11-15)28-14(3)10-13(2)27-28/h5-11,20H,4,12H2,1-3H3,(H2,25,26,31). The highest BCUT2D eigenvalue weighted by Crippen LogP contribution is 2.28. The van der Waals surface area contributed by atoms with Crippen LogP contribution in [0, 0.1) is 13.8 Å². The number of ether oxygens (including phenoxy) is 2. The molecule has 0 bridgehead atoms. The van der Waals surface area contributed by atoms with Crippen molar-refractivity contribution in [1.82, 2.24) is 25.4 Å². The first-order chi connectivity index (χ1) is 16.4. The van der Waals surface area contributed by atoms with Crippen molar-refractivity contribution in [3.63, 3.8) is 0 Å². The predicted octanol–water partition coefficient (Wildman–Crippen LogP) is 2.51. The number of aromatic nitrogens is 3. The molecule has 3 aromatic rings. The van der Waals surface area contributed by atoms with Gasteiger partial charge < -0.3 is 24.5 Å². The average Bonchev–Trinajstić information content (AvgIpc) is 3.46. The van der Waals surface area contributed by atoms with E-state index in [0.29, 0.717) is 11.6 Å². The summed E-state index contributed by atoms with van der Waals surface area (Å²) in [5.74, 6) is -0.448. The molecule has 4 heterocycles. The van der Waals surface area contributed by atoms with E-state index >= 15 is 0 Å². The first-order valence-corrected chi connectivity index (χ1v) is 10.5. The number of rotatable bonds is 7. The SMILES string of the molecule is CCOC(=O)C1=C(COC(=O)c2ccc(-n3nc(C)cc3C)nc2)NC(=O)NC1c1ccco1. The molecule has 1 aliphatic heterocycles. The van der Waals surface area contributed by atoms with Crippen molar-refractivity contribution in [3.8, 4) is 5.82 Å². The van der Waals surface area contributed by atoms with Crippen molar-refractivity contribution < 1.29 is 28.3 Å². The van der Waals surface area contributed by atoms with Crippen LogP contribution >= 0.6 is 0 Å². The number of aryl methyl sites for hydroxylation is 2. The van der Waals surface area contributed by atoms with Crippen LogP contribution in [0.25, 0.3) is 5.82 Å². The Kier molecular flexibility index (Phi) is 6.44. The summed E-state index contributed by atoms with van der Waals surface area (Å²) in [7, 11) is 0. The number of carbonyl (C=O) groups is 3. The zero-order valence-electron chi connectivity index (χ0n) is 18.8. The summed E-state index contributed by atoms with van der Waals surface area (Å²) in [5, 5.41) is 9.51. The minimum atomic E-state index is -0.891. The summed E-state index contributed by atoms with van der Waals surface area (Å²) in [4.78, 5) is 41.8. The number of nitrogens with zero attached hydrogens (tertiary/aromatic N) is 3. The second-order valence-electron chi connectivity index (χ2n) is 7.48. The summed E-state index contributed by atoms with van der Waals surface area (Å²) >= 11 is 0. The lowest BCUT2D eigenvalue weighted by molar-refractivity contribution is -0.139. The van der Waals surface area contributed by atoms with E-state index in [9.17, 15) is 14.4 Å². The molecule has 2 N–H and O–H groups in total. The lowest BCUT2D eigenvalue weighted by Crippen LogP contribution is -2.47. The van der Waals surface area contributed by atoms with Gasteiger partial charge in [-0.25, -0.2) is 24.0 Å². The molecule has 176 valence electrons. The molecule has 11 nitrogen and oxygen atoms in total. The van der Waals surface area contributed by atoms with Crippen LogP contribution in [0.1, 0.15) is 40.5 Å². The van der Waals surface area contributed by atoms with Crippen molar-refractivity contribution in [2.75, 3.05) is 13.2 Å². The molecule has 0 saturated carbocycles. The molecule has 1 aliphatic rings. The van der Waals surface area contributed by atoms with Crippen molar-refractivity contribution in [3.05, 3.63) is 76.8 Å². The van der Waals surface area contributed by atoms with E-state index in [4.69, 9.17) is 13.9 Å². The highest BCUT2D eigenvalue weighted by molar-refractivity contribution is 5.95. The Morgan fingerprint density at radius 1 is 1.18 bits per heavy atom.